The van der Waals surface area contributed by atoms with Crippen LogP contribution in [-0.4, -0.2) is 58.3 Å². The van der Waals surface area contributed by atoms with Crippen LogP contribution in [0.3, 0.4) is 0 Å². The summed E-state index contributed by atoms with van der Waals surface area (Å²) in [7, 11) is 5.09. The van der Waals surface area contributed by atoms with E-state index in [1.54, 1.807) is 21.3 Å². The average molecular weight is 492 g/mol. The number of ether oxygens (including phenoxy) is 2. The van der Waals surface area contributed by atoms with E-state index in [2.05, 4.69) is 34.4 Å². The molecule has 0 fully saturated rings. The molecule has 0 aliphatic rings. The van der Waals surface area contributed by atoms with Crippen molar-refractivity contribution in [2.24, 2.45) is 4.99 Å². The molecule has 1 aromatic carbocycles. The maximum atomic E-state index is 5.35. The van der Waals surface area contributed by atoms with E-state index in [9.17, 15) is 0 Å². The van der Waals surface area contributed by atoms with Crippen LogP contribution in [0.5, 0.6) is 11.5 Å². The van der Waals surface area contributed by atoms with Gasteiger partial charge in [0.2, 0.25) is 0 Å². The Bertz CT molecular complexity index is 535. The van der Waals surface area contributed by atoms with Gasteiger partial charge in [0, 0.05) is 20.1 Å². The molecule has 0 saturated heterocycles. The number of guanidine groups is 1. The topological polar surface area (TPSA) is 58.1 Å². The summed E-state index contributed by atoms with van der Waals surface area (Å²) in [5.41, 5.74) is 1.11. The molecule has 27 heavy (non-hydrogen) atoms. The molecule has 0 atom stereocenters. The van der Waals surface area contributed by atoms with E-state index >= 15 is 0 Å². The van der Waals surface area contributed by atoms with Crippen LogP contribution in [0, 0.1) is 0 Å². The summed E-state index contributed by atoms with van der Waals surface area (Å²) in [5, 5.41) is 6.73. The fourth-order valence-electron chi connectivity index (χ4n) is 2.87. The monoisotopic (exact) mass is 492 g/mol. The molecule has 0 aromatic heterocycles. The number of methoxy groups -OCH3 is 2. The first-order chi connectivity index (χ1) is 12.7. The fourth-order valence-corrected chi connectivity index (χ4v) is 2.87. The molecule has 0 unspecified atom stereocenters. The summed E-state index contributed by atoms with van der Waals surface area (Å²) in [6, 6.07) is 5.92. The smallest absolute Gasteiger partial charge is 0.191 e. The molecule has 0 radical (unpaired) electrons. The van der Waals surface area contributed by atoms with Crippen LogP contribution >= 0.6 is 24.0 Å². The van der Waals surface area contributed by atoms with E-state index in [0.717, 1.165) is 42.5 Å². The second-order valence-electron chi connectivity index (χ2n) is 6.24. The third-order valence-electron chi connectivity index (χ3n) is 4.15. The second-order valence-corrected chi connectivity index (χ2v) is 6.24. The van der Waals surface area contributed by atoms with Crippen LogP contribution in [0.4, 0.5) is 0 Å². The highest BCUT2D eigenvalue weighted by atomic mass is 127. The van der Waals surface area contributed by atoms with Gasteiger partial charge in [-0.15, -0.1) is 24.0 Å². The lowest BCUT2D eigenvalue weighted by Crippen LogP contribution is -2.38. The Hall–Kier alpha value is -1.22. The Labute approximate surface area is 182 Å². The lowest BCUT2D eigenvalue weighted by Gasteiger charge is -2.21. The van der Waals surface area contributed by atoms with Gasteiger partial charge in [0.25, 0.3) is 0 Å². The highest BCUT2D eigenvalue weighted by molar-refractivity contribution is 14.0. The highest BCUT2D eigenvalue weighted by Crippen LogP contribution is 2.27. The van der Waals surface area contributed by atoms with Gasteiger partial charge in [-0.05, 0) is 56.6 Å². The summed E-state index contributed by atoms with van der Waals surface area (Å²) >= 11 is 0. The van der Waals surface area contributed by atoms with Crippen LogP contribution in [-0.2, 0) is 6.54 Å². The molecule has 0 aliphatic carbocycles. The van der Waals surface area contributed by atoms with Crippen LogP contribution in [0.15, 0.2) is 23.2 Å². The molecule has 0 bridgehead atoms. The highest BCUT2D eigenvalue weighted by Gasteiger charge is 2.06. The molecule has 7 heteroatoms. The van der Waals surface area contributed by atoms with Gasteiger partial charge in [0.15, 0.2) is 17.5 Å². The SMILES string of the molecule is CCCN(CCC)CCCNC(=NC)NCc1ccc(OC)c(OC)c1.I. The zero-order chi connectivity index (χ0) is 19.2. The van der Waals surface area contributed by atoms with Crippen LogP contribution < -0.4 is 20.1 Å². The maximum Gasteiger partial charge on any atom is 0.191 e. The van der Waals surface area contributed by atoms with Gasteiger partial charge in [-0.25, -0.2) is 0 Å². The molecule has 2 N–H and O–H groups in total. The first-order valence-electron chi connectivity index (χ1n) is 9.56. The molecule has 0 amide bonds. The summed E-state index contributed by atoms with van der Waals surface area (Å²) in [5.74, 6) is 2.29. The van der Waals surface area contributed by atoms with E-state index in [-0.39, 0.29) is 24.0 Å². The van der Waals surface area contributed by atoms with Crippen molar-refractivity contribution in [1.82, 2.24) is 15.5 Å². The van der Waals surface area contributed by atoms with Gasteiger partial charge >= 0.3 is 0 Å². The minimum Gasteiger partial charge on any atom is -0.493 e. The molecule has 0 aliphatic heterocycles. The lowest BCUT2D eigenvalue weighted by atomic mass is 10.2. The minimum absolute atomic E-state index is 0. The summed E-state index contributed by atoms with van der Waals surface area (Å²) in [4.78, 5) is 6.82. The molecular formula is C20H37IN4O2. The maximum absolute atomic E-state index is 5.35. The Morgan fingerprint density at radius 2 is 1.67 bits per heavy atom. The van der Waals surface area contributed by atoms with Crippen molar-refractivity contribution >= 4 is 29.9 Å². The van der Waals surface area contributed by atoms with Crippen molar-refractivity contribution in [2.75, 3.05) is 47.4 Å². The molecule has 0 spiro atoms. The number of nitrogens with one attached hydrogen (secondary N) is 2. The third kappa shape index (κ3) is 10.0. The minimum atomic E-state index is 0. The first-order valence-corrected chi connectivity index (χ1v) is 9.56. The van der Waals surface area contributed by atoms with Crippen LogP contribution in [0.25, 0.3) is 0 Å². The zero-order valence-electron chi connectivity index (χ0n) is 17.5. The van der Waals surface area contributed by atoms with Crippen LogP contribution in [0.2, 0.25) is 0 Å². The summed E-state index contributed by atoms with van der Waals surface area (Å²) < 4.78 is 10.6. The van der Waals surface area contributed by atoms with Gasteiger partial charge in [-0.1, -0.05) is 19.9 Å². The van der Waals surface area contributed by atoms with Crippen molar-refractivity contribution in [2.45, 2.75) is 39.7 Å². The van der Waals surface area contributed by atoms with Crippen LogP contribution in [0.1, 0.15) is 38.7 Å². The van der Waals surface area contributed by atoms with Gasteiger partial charge in [0.1, 0.15) is 0 Å². The number of benzene rings is 1. The Balaban J connectivity index is 0.00000676. The second kappa shape index (κ2) is 15.8. The first kappa shape index (κ1) is 25.8. The zero-order valence-corrected chi connectivity index (χ0v) is 19.8. The number of hydrogen-bond acceptors (Lipinski definition) is 4. The lowest BCUT2D eigenvalue weighted by molar-refractivity contribution is 0.271. The predicted molar refractivity (Wildman–Crippen MR) is 125 cm³/mol. The quantitative estimate of drug-likeness (QED) is 0.203. The summed E-state index contributed by atoms with van der Waals surface area (Å²) in [6.45, 7) is 9.55. The van der Waals surface area contributed by atoms with Gasteiger partial charge in [-0.3, -0.25) is 4.99 Å². The molecule has 6 nitrogen and oxygen atoms in total. The van der Waals surface area contributed by atoms with Crippen molar-refractivity contribution in [1.29, 1.82) is 0 Å². The molecule has 1 aromatic rings. The molecule has 1 rings (SSSR count). The number of halogens is 1. The Morgan fingerprint density at radius 3 is 2.22 bits per heavy atom. The Kier molecular flexibility index (Phi) is 15.1. The van der Waals surface area contributed by atoms with Crippen molar-refractivity contribution in [3.05, 3.63) is 23.8 Å². The number of hydrogen-bond donors (Lipinski definition) is 2. The third-order valence-corrected chi connectivity index (χ3v) is 4.15. The summed E-state index contributed by atoms with van der Waals surface area (Å²) in [6.07, 6.45) is 3.53. The molecular weight excluding hydrogens is 455 g/mol. The number of aliphatic imine (C=N–C) groups is 1. The largest absolute Gasteiger partial charge is 0.493 e. The van der Waals surface area contributed by atoms with Gasteiger partial charge in [-0.2, -0.15) is 0 Å². The molecule has 0 heterocycles. The van der Waals surface area contributed by atoms with E-state index in [1.165, 1.54) is 25.9 Å². The van der Waals surface area contributed by atoms with E-state index < -0.39 is 0 Å². The number of rotatable bonds is 12. The average Bonchev–Trinajstić information content (AvgIpc) is 2.67. The Morgan fingerprint density at radius 1 is 1.00 bits per heavy atom. The van der Waals surface area contributed by atoms with Gasteiger partial charge < -0.3 is 25.0 Å². The molecule has 156 valence electrons. The molecule has 0 saturated carbocycles. The fraction of sp³-hybridized carbons (Fsp3) is 0.650. The predicted octanol–water partition coefficient (Wildman–Crippen LogP) is 3.50. The van der Waals surface area contributed by atoms with E-state index in [4.69, 9.17) is 9.47 Å². The van der Waals surface area contributed by atoms with Crippen molar-refractivity contribution in [3.63, 3.8) is 0 Å². The standard InChI is InChI=1S/C20H36N4O2.HI/c1-6-12-24(13-7-2)14-8-11-22-20(21-3)23-16-17-9-10-18(25-4)19(15-17)26-5;/h9-10,15H,6-8,11-14,16H2,1-5H3,(H2,21,22,23);1H. The van der Waals surface area contributed by atoms with Crippen molar-refractivity contribution < 1.29 is 9.47 Å². The van der Waals surface area contributed by atoms with E-state index in [1.807, 2.05) is 18.2 Å². The van der Waals surface area contributed by atoms with E-state index in [0.29, 0.717) is 6.54 Å². The van der Waals surface area contributed by atoms with Gasteiger partial charge in [0.05, 0.1) is 14.2 Å². The van der Waals surface area contributed by atoms with Crippen molar-refractivity contribution in [3.8, 4) is 11.5 Å². The normalized spacial score (nSPS) is 11.1. The number of nitrogens with zero attached hydrogens (tertiary/aromatic N) is 2.